The van der Waals surface area contributed by atoms with E-state index in [1.807, 2.05) is 18.2 Å². The predicted molar refractivity (Wildman–Crippen MR) is 154 cm³/mol. The summed E-state index contributed by atoms with van der Waals surface area (Å²) in [5.74, 6) is 1.78. The average molecular weight is 602 g/mol. The van der Waals surface area contributed by atoms with Crippen LogP contribution in [0.15, 0.2) is 47.6 Å². The number of hydrogen-bond donors (Lipinski definition) is 2. The van der Waals surface area contributed by atoms with E-state index in [2.05, 4.69) is 38.9 Å². The molecular formula is C29H34F3N7O2S. The van der Waals surface area contributed by atoms with Gasteiger partial charge in [0, 0.05) is 42.3 Å². The van der Waals surface area contributed by atoms with E-state index in [4.69, 9.17) is 9.72 Å². The van der Waals surface area contributed by atoms with Crippen LogP contribution in [0.2, 0.25) is 0 Å². The minimum absolute atomic E-state index is 0.0672. The molecule has 0 spiro atoms. The van der Waals surface area contributed by atoms with Crippen molar-refractivity contribution >= 4 is 29.5 Å². The lowest BCUT2D eigenvalue weighted by atomic mass is 10.0. The Morgan fingerprint density at radius 1 is 1.10 bits per heavy atom. The van der Waals surface area contributed by atoms with Crippen molar-refractivity contribution in [2.75, 3.05) is 23.4 Å². The molecule has 42 heavy (non-hydrogen) atoms. The van der Waals surface area contributed by atoms with E-state index >= 15 is 0 Å². The van der Waals surface area contributed by atoms with Crippen LogP contribution in [0.25, 0.3) is 5.82 Å². The Bertz CT molecular complexity index is 1460. The van der Waals surface area contributed by atoms with E-state index in [1.54, 1.807) is 24.4 Å². The van der Waals surface area contributed by atoms with Gasteiger partial charge in [0.1, 0.15) is 16.7 Å². The first-order valence-electron chi connectivity index (χ1n) is 14.3. The maximum absolute atomic E-state index is 13.5. The molecule has 1 atom stereocenters. The molecule has 1 aliphatic carbocycles. The second-order valence-electron chi connectivity index (χ2n) is 11.9. The summed E-state index contributed by atoms with van der Waals surface area (Å²) in [6.45, 7) is 5.05. The SMILES string of the molecule is CC1(C)CC[C@H]2CCCNc3cccc(n3)SNC(=O)c3ccc(-n4ccc(OCCC5(C(F)(F)F)CC5)n4)nc3N21. The molecule has 0 unspecified atom stereocenters. The summed E-state index contributed by atoms with van der Waals surface area (Å²) in [6.07, 6.45) is 1.42. The van der Waals surface area contributed by atoms with Gasteiger partial charge in [0.25, 0.3) is 5.91 Å². The van der Waals surface area contributed by atoms with Gasteiger partial charge in [0.05, 0.1) is 17.6 Å². The van der Waals surface area contributed by atoms with E-state index in [9.17, 15) is 18.0 Å². The largest absolute Gasteiger partial charge is 0.477 e. The molecule has 2 fully saturated rings. The molecule has 1 saturated heterocycles. The molecule has 3 aromatic heterocycles. The number of aromatic nitrogens is 4. The van der Waals surface area contributed by atoms with Crippen molar-refractivity contribution in [1.29, 1.82) is 0 Å². The molecule has 2 bridgehead atoms. The molecule has 13 heteroatoms. The molecule has 224 valence electrons. The van der Waals surface area contributed by atoms with Crippen LogP contribution in [-0.4, -0.2) is 56.6 Å². The summed E-state index contributed by atoms with van der Waals surface area (Å²) >= 11 is 1.15. The highest BCUT2D eigenvalue weighted by Crippen LogP contribution is 2.59. The lowest BCUT2D eigenvalue weighted by Crippen LogP contribution is -2.45. The molecular weight excluding hydrogens is 567 g/mol. The molecule has 1 saturated carbocycles. The van der Waals surface area contributed by atoms with E-state index in [1.165, 1.54) is 4.68 Å². The summed E-state index contributed by atoms with van der Waals surface area (Å²) < 4.78 is 49.8. The lowest BCUT2D eigenvalue weighted by Gasteiger charge is -2.38. The Kier molecular flexibility index (Phi) is 7.48. The summed E-state index contributed by atoms with van der Waals surface area (Å²) in [6, 6.07) is 10.9. The molecule has 1 amide bonds. The van der Waals surface area contributed by atoms with Gasteiger partial charge in [0.2, 0.25) is 5.88 Å². The lowest BCUT2D eigenvalue weighted by molar-refractivity contribution is -0.190. The smallest absolute Gasteiger partial charge is 0.394 e. The van der Waals surface area contributed by atoms with Gasteiger partial charge < -0.3 is 15.0 Å². The Hall–Kier alpha value is -3.48. The molecule has 2 aliphatic heterocycles. The topological polar surface area (TPSA) is 97.2 Å². The number of rotatable bonds is 5. The number of carbonyl (C=O) groups excluding carboxylic acids is 1. The highest BCUT2D eigenvalue weighted by atomic mass is 32.2. The molecule has 6 rings (SSSR count). The third-order valence-electron chi connectivity index (χ3n) is 8.52. The van der Waals surface area contributed by atoms with E-state index in [0.717, 1.165) is 50.0 Å². The van der Waals surface area contributed by atoms with Crippen molar-refractivity contribution in [3.8, 4) is 11.7 Å². The zero-order valence-electron chi connectivity index (χ0n) is 23.6. The number of amides is 1. The number of ether oxygens (including phenoxy) is 1. The van der Waals surface area contributed by atoms with Gasteiger partial charge in [0.15, 0.2) is 5.82 Å². The Morgan fingerprint density at radius 3 is 2.71 bits per heavy atom. The van der Waals surface area contributed by atoms with Crippen molar-refractivity contribution in [3.05, 3.63) is 48.2 Å². The summed E-state index contributed by atoms with van der Waals surface area (Å²) in [5.41, 5.74) is -1.40. The first kappa shape index (κ1) is 28.6. The minimum Gasteiger partial charge on any atom is -0.477 e. The van der Waals surface area contributed by atoms with E-state index in [0.29, 0.717) is 22.2 Å². The number of halogens is 3. The number of alkyl halides is 3. The predicted octanol–water partition coefficient (Wildman–Crippen LogP) is 6.16. The maximum Gasteiger partial charge on any atom is 0.394 e. The zero-order valence-corrected chi connectivity index (χ0v) is 24.4. The standard InChI is InChI=1S/C29H34F3N7O2S/c1-27(2)12-10-19-5-4-16-33-21-6-3-7-24(34-21)42-37-26(40)20-8-9-22(35-25(20)39(19)27)38-17-11-23(36-38)41-18-15-28(13-14-28)29(30,31)32/h3,6-9,11,17,19H,4-5,10,12-16,18H2,1-2H3,(H,33,34)(H,37,40)/t19-/m1/s1. The number of hydrogen-bond acceptors (Lipinski definition) is 8. The van der Waals surface area contributed by atoms with Crippen LogP contribution in [0, 0.1) is 5.41 Å². The van der Waals surface area contributed by atoms with Crippen molar-refractivity contribution in [2.45, 2.75) is 81.6 Å². The van der Waals surface area contributed by atoms with Crippen LogP contribution in [0.5, 0.6) is 5.88 Å². The molecule has 5 heterocycles. The highest BCUT2D eigenvalue weighted by molar-refractivity contribution is 7.97. The van der Waals surface area contributed by atoms with Gasteiger partial charge in [-0.2, -0.15) is 13.2 Å². The van der Waals surface area contributed by atoms with Crippen molar-refractivity contribution < 1.29 is 22.7 Å². The quantitative estimate of drug-likeness (QED) is 0.336. The second-order valence-corrected chi connectivity index (χ2v) is 12.7. The fraction of sp³-hybridized carbons (Fsp3) is 0.517. The number of pyridine rings is 2. The molecule has 0 radical (unpaired) electrons. The summed E-state index contributed by atoms with van der Waals surface area (Å²) in [4.78, 5) is 25.3. The second kappa shape index (κ2) is 11.0. The van der Waals surface area contributed by atoms with Gasteiger partial charge in [-0.3, -0.25) is 9.52 Å². The van der Waals surface area contributed by atoms with Crippen LogP contribution in [-0.2, 0) is 0 Å². The summed E-state index contributed by atoms with van der Waals surface area (Å²) in [5, 5.41) is 8.48. The van der Waals surface area contributed by atoms with Crippen LogP contribution in [0.1, 0.15) is 69.2 Å². The first-order chi connectivity index (χ1) is 20.0. The van der Waals surface area contributed by atoms with Crippen LogP contribution in [0.3, 0.4) is 0 Å². The monoisotopic (exact) mass is 601 g/mol. The van der Waals surface area contributed by atoms with Crippen LogP contribution >= 0.6 is 11.9 Å². The molecule has 2 N–H and O–H groups in total. The number of anilines is 2. The van der Waals surface area contributed by atoms with Gasteiger partial charge in [-0.05, 0) is 83.1 Å². The third kappa shape index (κ3) is 5.75. The van der Waals surface area contributed by atoms with E-state index < -0.39 is 11.6 Å². The van der Waals surface area contributed by atoms with Gasteiger partial charge in [-0.15, -0.1) is 5.10 Å². The Labute approximate surface area is 246 Å². The van der Waals surface area contributed by atoms with Gasteiger partial charge in [-0.1, -0.05) is 6.07 Å². The fourth-order valence-corrected chi connectivity index (χ4v) is 6.49. The Morgan fingerprint density at radius 2 is 1.93 bits per heavy atom. The number of carbonyl (C=O) groups is 1. The third-order valence-corrected chi connectivity index (χ3v) is 9.24. The fourth-order valence-electron chi connectivity index (χ4n) is 5.89. The highest BCUT2D eigenvalue weighted by Gasteiger charge is 2.62. The van der Waals surface area contributed by atoms with Crippen molar-refractivity contribution in [1.82, 2.24) is 24.5 Å². The van der Waals surface area contributed by atoms with Crippen LogP contribution in [0.4, 0.5) is 24.8 Å². The van der Waals surface area contributed by atoms with Gasteiger partial charge >= 0.3 is 6.18 Å². The Balaban J connectivity index is 1.28. The average Bonchev–Trinajstić information content (AvgIpc) is 3.51. The molecule has 3 aliphatic rings. The maximum atomic E-state index is 13.5. The first-order valence-corrected chi connectivity index (χ1v) is 15.1. The number of nitrogens with zero attached hydrogens (tertiary/aromatic N) is 5. The zero-order chi connectivity index (χ0) is 29.5. The minimum atomic E-state index is -4.21. The van der Waals surface area contributed by atoms with E-state index in [-0.39, 0.29) is 49.2 Å². The number of nitrogens with one attached hydrogen (secondary N) is 2. The number of fused-ring (bicyclic) bond motifs is 5. The van der Waals surface area contributed by atoms with Crippen molar-refractivity contribution in [2.24, 2.45) is 5.41 Å². The molecule has 3 aromatic rings. The molecule has 0 aromatic carbocycles. The van der Waals surface area contributed by atoms with Crippen molar-refractivity contribution in [3.63, 3.8) is 0 Å². The van der Waals surface area contributed by atoms with Gasteiger partial charge in [-0.25, -0.2) is 14.6 Å². The normalized spacial score (nSPS) is 21.4. The molecule has 9 nitrogen and oxygen atoms in total. The van der Waals surface area contributed by atoms with Crippen LogP contribution < -0.4 is 19.7 Å². The summed E-state index contributed by atoms with van der Waals surface area (Å²) in [7, 11) is 0.